The van der Waals surface area contributed by atoms with Crippen LogP contribution in [0.5, 0.6) is 0 Å². The number of rotatable bonds is 6. The Morgan fingerprint density at radius 1 is 1.29 bits per heavy atom. The molecule has 1 aromatic carbocycles. The first kappa shape index (κ1) is 17.4. The summed E-state index contributed by atoms with van der Waals surface area (Å²) in [4.78, 5) is 0. The first-order valence-electron chi connectivity index (χ1n) is 8.50. The Hall–Kier alpha value is -1.46. The van der Waals surface area contributed by atoms with Gasteiger partial charge in [-0.05, 0) is 18.1 Å². The molecule has 0 N–H and O–H groups in total. The van der Waals surface area contributed by atoms with Crippen LogP contribution in [0.15, 0.2) is 55.6 Å². The van der Waals surface area contributed by atoms with Gasteiger partial charge in [0, 0.05) is 20.0 Å². The van der Waals surface area contributed by atoms with Gasteiger partial charge in [0.25, 0.3) is 0 Å². The maximum absolute atomic E-state index is 6.16. The molecule has 0 saturated carbocycles. The number of ether oxygens (including phenoxy) is 4. The van der Waals surface area contributed by atoms with E-state index in [2.05, 4.69) is 25.3 Å². The van der Waals surface area contributed by atoms with Gasteiger partial charge in [-0.2, -0.15) is 0 Å². The van der Waals surface area contributed by atoms with Crippen molar-refractivity contribution in [3.8, 4) is 0 Å². The molecule has 2 fully saturated rings. The summed E-state index contributed by atoms with van der Waals surface area (Å²) in [5.74, 6) is -0.788. The molecule has 0 aliphatic carbocycles. The van der Waals surface area contributed by atoms with Crippen LogP contribution in [0.1, 0.15) is 24.8 Å². The maximum atomic E-state index is 6.16. The number of hydrogen-bond acceptors (Lipinski definition) is 4. The van der Waals surface area contributed by atoms with Gasteiger partial charge in [0.15, 0.2) is 5.79 Å². The highest BCUT2D eigenvalue weighted by Crippen LogP contribution is 2.39. The van der Waals surface area contributed by atoms with Crippen molar-refractivity contribution in [2.24, 2.45) is 0 Å². The highest BCUT2D eigenvalue weighted by atomic mass is 16.7. The number of methoxy groups -OCH3 is 1. The third-order valence-corrected chi connectivity index (χ3v) is 4.81. The predicted molar refractivity (Wildman–Crippen MR) is 92.5 cm³/mol. The summed E-state index contributed by atoms with van der Waals surface area (Å²) in [6.45, 7) is 8.35. The molecule has 0 bridgehead atoms. The molecule has 24 heavy (non-hydrogen) atoms. The molecule has 5 atom stereocenters. The SMILES string of the molecule is C=C[C@@H]1C[C@@H](OCc2ccccc2)[C@@H]2O[C@H]2CC[C@@](C=C)(OC)O1. The summed E-state index contributed by atoms with van der Waals surface area (Å²) in [7, 11) is 1.65. The Labute approximate surface area is 144 Å². The zero-order valence-electron chi connectivity index (χ0n) is 14.2. The minimum Gasteiger partial charge on any atom is -0.371 e. The predicted octanol–water partition coefficient (Wildman–Crippen LogP) is 3.62. The second-order valence-corrected chi connectivity index (χ2v) is 6.36. The lowest BCUT2D eigenvalue weighted by atomic mass is 10.0. The number of fused-ring (bicyclic) bond motifs is 1. The van der Waals surface area contributed by atoms with Crippen molar-refractivity contribution in [1.29, 1.82) is 0 Å². The van der Waals surface area contributed by atoms with Crippen molar-refractivity contribution in [3.63, 3.8) is 0 Å². The standard InChI is InChI=1S/C20H26O4/c1-4-16-13-18(22-14-15-9-7-6-8-10-15)19-17(23-19)11-12-20(5-2,21-3)24-16/h4-10,16-19H,1-2,11-14H2,3H3/t16-,17+,18-,19-,20+/m1/s1. The maximum Gasteiger partial charge on any atom is 0.187 e. The van der Waals surface area contributed by atoms with Crippen LogP contribution in [-0.2, 0) is 25.6 Å². The summed E-state index contributed by atoms with van der Waals surface area (Å²) >= 11 is 0. The van der Waals surface area contributed by atoms with Crippen molar-refractivity contribution < 1.29 is 18.9 Å². The van der Waals surface area contributed by atoms with Gasteiger partial charge in [0.2, 0.25) is 0 Å². The smallest absolute Gasteiger partial charge is 0.187 e. The Balaban J connectivity index is 1.69. The summed E-state index contributed by atoms with van der Waals surface area (Å²) in [6, 6.07) is 10.2. The second kappa shape index (κ2) is 7.62. The van der Waals surface area contributed by atoms with Crippen molar-refractivity contribution >= 4 is 0 Å². The molecule has 4 heteroatoms. The van der Waals surface area contributed by atoms with E-state index in [1.807, 2.05) is 18.2 Å². The molecular weight excluding hydrogens is 304 g/mol. The van der Waals surface area contributed by atoms with E-state index in [1.165, 1.54) is 0 Å². The lowest BCUT2D eigenvalue weighted by Gasteiger charge is -2.32. The molecule has 0 unspecified atom stereocenters. The molecule has 0 amide bonds. The molecule has 2 aliphatic heterocycles. The van der Waals surface area contributed by atoms with Gasteiger partial charge < -0.3 is 18.9 Å². The highest BCUT2D eigenvalue weighted by Gasteiger charge is 2.49. The Morgan fingerprint density at radius 2 is 2.08 bits per heavy atom. The Kier molecular flexibility index (Phi) is 5.51. The molecular formula is C20H26O4. The van der Waals surface area contributed by atoms with Gasteiger partial charge in [0.1, 0.15) is 6.10 Å². The summed E-state index contributed by atoms with van der Waals surface area (Å²) in [5.41, 5.74) is 1.16. The molecule has 4 nitrogen and oxygen atoms in total. The van der Waals surface area contributed by atoms with Gasteiger partial charge in [0.05, 0.1) is 24.9 Å². The van der Waals surface area contributed by atoms with Crippen LogP contribution in [-0.4, -0.2) is 37.3 Å². The molecule has 0 aromatic heterocycles. The van der Waals surface area contributed by atoms with Crippen molar-refractivity contribution in [2.75, 3.05) is 7.11 Å². The van der Waals surface area contributed by atoms with Crippen LogP contribution in [0.25, 0.3) is 0 Å². The molecule has 0 spiro atoms. The average molecular weight is 330 g/mol. The molecule has 2 saturated heterocycles. The number of epoxide rings is 1. The quantitative estimate of drug-likeness (QED) is 0.590. The van der Waals surface area contributed by atoms with E-state index in [0.29, 0.717) is 19.4 Å². The van der Waals surface area contributed by atoms with Crippen LogP contribution >= 0.6 is 0 Å². The lowest BCUT2D eigenvalue weighted by molar-refractivity contribution is -0.214. The molecule has 130 valence electrons. The first-order valence-corrected chi connectivity index (χ1v) is 8.50. The van der Waals surface area contributed by atoms with Crippen LogP contribution in [0, 0.1) is 0 Å². The lowest BCUT2D eigenvalue weighted by Crippen LogP contribution is -2.37. The minimum atomic E-state index is -0.788. The van der Waals surface area contributed by atoms with E-state index in [1.54, 1.807) is 19.3 Å². The van der Waals surface area contributed by atoms with E-state index in [0.717, 1.165) is 12.0 Å². The zero-order chi connectivity index (χ0) is 17.0. The molecule has 3 rings (SSSR count). The van der Waals surface area contributed by atoms with Crippen LogP contribution in [0.3, 0.4) is 0 Å². The third-order valence-electron chi connectivity index (χ3n) is 4.81. The first-order chi connectivity index (χ1) is 11.7. The van der Waals surface area contributed by atoms with Crippen molar-refractivity contribution in [3.05, 3.63) is 61.2 Å². The second-order valence-electron chi connectivity index (χ2n) is 6.36. The van der Waals surface area contributed by atoms with Crippen molar-refractivity contribution in [2.45, 2.75) is 56.1 Å². The highest BCUT2D eigenvalue weighted by molar-refractivity contribution is 5.13. The van der Waals surface area contributed by atoms with Gasteiger partial charge in [-0.1, -0.05) is 43.0 Å². The fourth-order valence-electron chi connectivity index (χ4n) is 3.25. The van der Waals surface area contributed by atoms with Crippen LogP contribution < -0.4 is 0 Å². The van der Waals surface area contributed by atoms with E-state index in [4.69, 9.17) is 18.9 Å². The summed E-state index contributed by atoms with van der Waals surface area (Å²) in [5, 5.41) is 0. The Bertz CT molecular complexity index is 558. The van der Waals surface area contributed by atoms with Crippen LogP contribution in [0.2, 0.25) is 0 Å². The number of benzene rings is 1. The van der Waals surface area contributed by atoms with Crippen molar-refractivity contribution in [1.82, 2.24) is 0 Å². The average Bonchev–Trinajstić information content (AvgIpc) is 3.40. The molecule has 2 heterocycles. The normalized spacial score (nSPS) is 35.9. The molecule has 1 aromatic rings. The zero-order valence-corrected chi connectivity index (χ0v) is 14.2. The molecule has 2 aliphatic rings. The van der Waals surface area contributed by atoms with E-state index in [-0.39, 0.29) is 24.4 Å². The fourth-order valence-corrected chi connectivity index (χ4v) is 3.25. The van der Waals surface area contributed by atoms with E-state index < -0.39 is 5.79 Å². The van der Waals surface area contributed by atoms with Crippen LogP contribution in [0.4, 0.5) is 0 Å². The largest absolute Gasteiger partial charge is 0.371 e. The third kappa shape index (κ3) is 3.95. The monoisotopic (exact) mass is 330 g/mol. The van der Waals surface area contributed by atoms with Gasteiger partial charge in [-0.15, -0.1) is 6.58 Å². The van der Waals surface area contributed by atoms with E-state index in [9.17, 15) is 0 Å². The van der Waals surface area contributed by atoms with E-state index >= 15 is 0 Å². The summed E-state index contributed by atoms with van der Waals surface area (Å²) < 4.78 is 23.8. The topological polar surface area (TPSA) is 40.2 Å². The number of hydrogen-bond donors (Lipinski definition) is 0. The van der Waals surface area contributed by atoms with Gasteiger partial charge >= 0.3 is 0 Å². The molecule has 0 radical (unpaired) electrons. The van der Waals surface area contributed by atoms with Gasteiger partial charge in [-0.25, -0.2) is 0 Å². The minimum absolute atomic E-state index is 0.0179. The Morgan fingerprint density at radius 3 is 2.75 bits per heavy atom. The van der Waals surface area contributed by atoms with Gasteiger partial charge in [-0.3, -0.25) is 0 Å². The summed E-state index contributed by atoms with van der Waals surface area (Å²) in [6.07, 6.45) is 5.93. The fraction of sp³-hybridized carbons (Fsp3) is 0.500.